The lowest BCUT2D eigenvalue weighted by Crippen LogP contribution is -2.49. The fraction of sp³-hybridized carbons (Fsp3) is 0.458. The number of anilines is 2. The van der Waals surface area contributed by atoms with Gasteiger partial charge < -0.3 is 23.9 Å². The quantitative estimate of drug-likeness (QED) is 0.620. The third kappa shape index (κ3) is 4.09. The van der Waals surface area contributed by atoms with Gasteiger partial charge in [0.2, 0.25) is 0 Å². The first-order valence-electron chi connectivity index (χ1n) is 11.4. The second-order valence-electron chi connectivity index (χ2n) is 8.42. The number of hydrogen-bond acceptors (Lipinski definition) is 7. The van der Waals surface area contributed by atoms with Crippen molar-refractivity contribution >= 4 is 28.5 Å². The van der Waals surface area contributed by atoms with Crippen LogP contribution in [0.2, 0.25) is 0 Å². The van der Waals surface area contributed by atoms with Gasteiger partial charge in [-0.1, -0.05) is 25.0 Å². The van der Waals surface area contributed by atoms with Crippen LogP contribution in [0.5, 0.6) is 5.75 Å². The van der Waals surface area contributed by atoms with E-state index in [1.165, 1.54) is 25.7 Å². The molecule has 32 heavy (non-hydrogen) atoms. The van der Waals surface area contributed by atoms with Crippen LogP contribution in [0.1, 0.15) is 36.2 Å². The monoisotopic (exact) mass is 435 g/mol. The maximum absolute atomic E-state index is 13.0. The molecule has 5 rings (SSSR count). The largest absolute Gasteiger partial charge is 0.493 e. The second-order valence-corrected chi connectivity index (χ2v) is 8.42. The molecule has 8 heteroatoms. The standard InChI is InChI=1S/C24H29N5O3/c1-31-19-8-6-7-18-17-20(32-23(18)19)24(30)29-15-13-28(14-16-29)22-10-9-21(25-26-22)27-11-4-2-3-5-12-27/h6-10,17H,2-5,11-16H2,1H3. The number of amides is 1. The summed E-state index contributed by atoms with van der Waals surface area (Å²) in [6.07, 6.45) is 5.04. The van der Waals surface area contributed by atoms with Gasteiger partial charge in [-0.15, -0.1) is 10.2 Å². The Morgan fingerprint density at radius 1 is 0.875 bits per heavy atom. The van der Waals surface area contributed by atoms with Crippen LogP contribution in [0.4, 0.5) is 11.6 Å². The number of carbonyl (C=O) groups excluding carboxylic acids is 1. The van der Waals surface area contributed by atoms with Gasteiger partial charge in [0.25, 0.3) is 5.91 Å². The summed E-state index contributed by atoms with van der Waals surface area (Å²) in [5, 5.41) is 9.84. The van der Waals surface area contributed by atoms with E-state index < -0.39 is 0 Å². The molecule has 8 nitrogen and oxygen atoms in total. The molecule has 0 saturated carbocycles. The average molecular weight is 436 g/mol. The van der Waals surface area contributed by atoms with Crippen LogP contribution < -0.4 is 14.5 Å². The molecule has 0 N–H and O–H groups in total. The lowest BCUT2D eigenvalue weighted by atomic mass is 10.2. The van der Waals surface area contributed by atoms with Crippen molar-refractivity contribution in [2.45, 2.75) is 25.7 Å². The highest BCUT2D eigenvalue weighted by atomic mass is 16.5. The molecule has 0 atom stereocenters. The maximum atomic E-state index is 13.0. The Balaban J connectivity index is 1.22. The van der Waals surface area contributed by atoms with Crippen LogP contribution in [-0.4, -0.2) is 67.4 Å². The average Bonchev–Trinajstić information content (AvgIpc) is 3.10. The van der Waals surface area contributed by atoms with Crippen molar-refractivity contribution in [3.8, 4) is 5.75 Å². The van der Waals surface area contributed by atoms with Crippen molar-refractivity contribution in [3.05, 3.63) is 42.2 Å². The number of aromatic nitrogens is 2. The van der Waals surface area contributed by atoms with E-state index in [2.05, 4.69) is 32.1 Å². The summed E-state index contributed by atoms with van der Waals surface area (Å²) in [5.74, 6) is 2.72. The zero-order chi connectivity index (χ0) is 21.9. The van der Waals surface area contributed by atoms with Crippen LogP contribution in [0.3, 0.4) is 0 Å². The van der Waals surface area contributed by atoms with Gasteiger partial charge in [-0.3, -0.25) is 4.79 Å². The van der Waals surface area contributed by atoms with Crippen LogP contribution >= 0.6 is 0 Å². The Bertz CT molecular complexity index is 1060. The van der Waals surface area contributed by atoms with Gasteiger partial charge in [-0.25, -0.2) is 0 Å². The minimum absolute atomic E-state index is 0.0921. The molecule has 168 valence electrons. The summed E-state index contributed by atoms with van der Waals surface area (Å²) in [4.78, 5) is 19.4. The van der Waals surface area contributed by atoms with E-state index in [0.29, 0.717) is 43.3 Å². The number of methoxy groups -OCH3 is 1. The lowest BCUT2D eigenvalue weighted by Gasteiger charge is -2.34. The maximum Gasteiger partial charge on any atom is 0.289 e. The lowest BCUT2D eigenvalue weighted by molar-refractivity contribution is 0.0716. The number of piperazine rings is 1. The van der Waals surface area contributed by atoms with E-state index >= 15 is 0 Å². The molecule has 2 fully saturated rings. The summed E-state index contributed by atoms with van der Waals surface area (Å²) in [6, 6.07) is 11.6. The molecule has 0 aliphatic carbocycles. The van der Waals surface area contributed by atoms with E-state index in [4.69, 9.17) is 9.15 Å². The molecule has 4 heterocycles. The van der Waals surface area contributed by atoms with Gasteiger partial charge in [0, 0.05) is 44.7 Å². The van der Waals surface area contributed by atoms with Crippen molar-refractivity contribution in [2.75, 3.05) is 56.2 Å². The Hall–Kier alpha value is -3.29. The fourth-order valence-electron chi connectivity index (χ4n) is 4.55. The van der Waals surface area contributed by atoms with Gasteiger partial charge in [0.1, 0.15) is 0 Å². The van der Waals surface area contributed by atoms with Crippen molar-refractivity contribution in [2.24, 2.45) is 0 Å². The van der Waals surface area contributed by atoms with Gasteiger partial charge in [0.05, 0.1) is 7.11 Å². The number of benzene rings is 1. The van der Waals surface area contributed by atoms with Crippen LogP contribution in [0, 0.1) is 0 Å². The predicted molar refractivity (Wildman–Crippen MR) is 124 cm³/mol. The number of hydrogen-bond donors (Lipinski definition) is 0. The Kier molecular flexibility index (Phi) is 5.83. The third-order valence-corrected chi connectivity index (χ3v) is 6.40. The minimum Gasteiger partial charge on any atom is -0.493 e. The minimum atomic E-state index is -0.0921. The molecule has 2 aliphatic heterocycles. The molecule has 0 unspecified atom stereocenters. The summed E-state index contributed by atoms with van der Waals surface area (Å²) in [7, 11) is 1.60. The summed E-state index contributed by atoms with van der Waals surface area (Å²) < 4.78 is 11.2. The number of ether oxygens (including phenoxy) is 1. The SMILES string of the molecule is COc1cccc2cc(C(=O)N3CCN(c4ccc(N5CCCCCC5)nn4)CC3)oc12. The second kappa shape index (κ2) is 9.06. The molecule has 1 aromatic carbocycles. The molecule has 0 spiro atoms. The predicted octanol–water partition coefficient (Wildman–Crippen LogP) is 3.57. The summed E-state index contributed by atoms with van der Waals surface area (Å²) in [5.41, 5.74) is 0.608. The summed E-state index contributed by atoms with van der Waals surface area (Å²) >= 11 is 0. The van der Waals surface area contributed by atoms with Gasteiger partial charge in [-0.2, -0.15) is 0 Å². The molecule has 2 aliphatic rings. The first kappa shape index (κ1) is 20.6. The third-order valence-electron chi connectivity index (χ3n) is 6.40. The highest BCUT2D eigenvalue weighted by Crippen LogP contribution is 2.29. The van der Waals surface area contributed by atoms with E-state index in [1.54, 1.807) is 13.2 Å². The number of fused-ring (bicyclic) bond motifs is 1. The first-order valence-corrected chi connectivity index (χ1v) is 11.4. The number of para-hydroxylation sites is 1. The normalized spacial score (nSPS) is 17.5. The number of rotatable bonds is 4. The zero-order valence-electron chi connectivity index (χ0n) is 18.5. The number of furan rings is 1. The van der Waals surface area contributed by atoms with E-state index in [0.717, 1.165) is 30.1 Å². The molecular weight excluding hydrogens is 406 g/mol. The highest BCUT2D eigenvalue weighted by Gasteiger charge is 2.26. The van der Waals surface area contributed by atoms with E-state index in [1.807, 2.05) is 23.1 Å². The molecule has 3 aromatic rings. The van der Waals surface area contributed by atoms with Crippen LogP contribution in [0.25, 0.3) is 11.0 Å². The highest BCUT2D eigenvalue weighted by molar-refractivity contribution is 5.97. The first-order chi connectivity index (χ1) is 15.7. The summed E-state index contributed by atoms with van der Waals surface area (Å²) in [6.45, 7) is 4.77. The van der Waals surface area contributed by atoms with Crippen LogP contribution in [0.15, 0.2) is 40.8 Å². The van der Waals surface area contributed by atoms with Crippen molar-refractivity contribution < 1.29 is 13.9 Å². The topological polar surface area (TPSA) is 74.9 Å². The van der Waals surface area contributed by atoms with Gasteiger partial charge >= 0.3 is 0 Å². The van der Waals surface area contributed by atoms with E-state index in [9.17, 15) is 4.79 Å². The fourth-order valence-corrected chi connectivity index (χ4v) is 4.55. The zero-order valence-corrected chi connectivity index (χ0v) is 18.5. The smallest absolute Gasteiger partial charge is 0.289 e. The molecule has 2 saturated heterocycles. The number of carbonyl (C=O) groups is 1. The molecular formula is C24H29N5O3. The molecule has 2 aromatic heterocycles. The number of nitrogens with zero attached hydrogens (tertiary/aromatic N) is 5. The Morgan fingerprint density at radius 3 is 2.16 bits per heavy atom. The molecule has 1 amide bonds. The Morgan fingerprint density at radius 2 is 1.53 bits per heavy atom. The molecule has 0 radical (unpaired) electrons. The van der Waals surface area contributed by atoms with Crippen molar-refractivity contribution in [1.29, 1.82) is 0 Å². The van der Waals surface area contributed by atoms with Gasteiger partial charge in [-0.05, 0) is 37.1 Å². The Labute approximate surface area is 187 Å². The van der Waals surface area contributed by atoms with Crippen LogP contribution in [-0.2, 0) is 0 Å². The van der Waals surface area contributed by atoms with E-state index in [-0.39, 0.29) is 5.91 Å². The van der Waals surface area contributed by atoms with Gasteiger partial charge in [0.15, 0.2) is 28.7 Å². The molecule has 0 bridgehead atoms. The van der Waals surface area contributed by atoms with Crippen molar-refractivity contribution in [3.63, 3.8) is 0 Å². The van der Waals surface area contributed by atoms with Crippen molar-refractivity contribution in [1.82, 2.24) is 15.1 Å².